The zero-order chi connectivity index (χ0) is 18.1. The van der Waals surface area contributed by atoms with Crippen LogP contribution in [0.4, 0.5) is 4.79 Å². The van der Waals surface area contributed by atoms with Crippen molar-refractivity contribution in [3.63, 3.8) is 0 Å². The molecule has 0 aromatic heterocycles. The van der Waals surface area contributed by atoms with Crippen LogP contribution in [-0.2, 0) is 9.57 Å². The zero-order valence-corrected chi connectivity index (χ0v) is 16.2. The van der Waals surface area contributed by atoms with Crippen LogP contribution in [-0.4, -0.2) is 25.3 Å². The fraction of sp³-hybridized carbons (Fsp3) is 0.833. The van der Waals surface area contributed by atoms with E-state index in [1.54, 1.807) is 7.05 Å². The first-order chi connectivity index (χ1) is 10.3. The van der Waals surface area contributed by atoms with Crippen LogP contribution in [0.1, 0.15) is 61.8 Å². The van der Waals surface area contributed by atoms with Crippen molar-refractivity contribution in [2.45, 2.75) is 67.4 Å². The maximum absolute atomic E-state index is 11.8. The molecule has 134 valence electrons. The number of carbonyl (C=O) groups excluding carboxylic acids is 1. The number of ether oxygens (including phenoxy) is 1. The SMILES string of the molecule is CNOC1=C(C)C(C)(C)[C@H](CCNC(=O)OC(C)(C)C)C1(C)C. The first-order valence-electron chi connectivity index (χ1n) is 8.36. The molecule has 23 heavy (non-hydrogen) atoms. The summed E-state index contributed by atoms with van der Waals surface area (Å²) >= 11 is 0. The molecular weight excluding hydrogens is 292 g/mol. The Hall–Kier alpha value is -1.23. The van der Waals surface area contributed by atoms with Gasteiger partial charge in [-0.25, -0.2) is 4.79 Å². The molecule has 0 fully saturated rings. The van der Waals surface area contributed by atoms with Gasteiger partial charge in [0.15, 0.2) is 0 Å². The summed E-state index contributed by atoms with van der Waals surface area (Å²) in [6, 6.07) is 0. The van der Waals surface area contributed by atoms with Gasteiger partial charge in [-0.15, -0.1) is 0 Å². The third kappa shape index (κ3) is 4.40. The smallest absolute Gasteiger partial charge is 0.407 e. The first-order valence-corrected chi connectivity index (χ1v) is 8.36. The molecule has 5 heteroatoms. The van der Waals surface area contributed by atoms with Crippen molar-refractivity contribution in [3.05, 3.63) is 11.3 Å². The molecule has 1 amide bonds. The third-order valence-electron chi connectivity index (χ3n) is 4.94. The van der Waals surface area contributed by atoms with E-state index in [-0.39, 0.29) is 16.9 Å². The molecule has 0 aromatic rings. The molecule has 0 spiro atoms. The van der Waals surface area contributed by atoms with Gasteiger partial charge in [0.05, 0.1) is 0 Å². The van der Waals surface area contributed by atoms with E-state index < -0.39 is 5.60 Å². The van der Waals surface area contributed by atoms with E-state index in [0.717, 1.165) is 12.2 Å². The van der Waals surface area contributed by atoms with E-state index in [1.165, 1.54) is 5.57 Å². The second kappa shape index (κ2) is 6.71. The largest absolute Gasteiger partial charge is 0.444 e. The van der Waals surface area contributed by atoms with Crippen LogP contribution in [0.5, 0.6) is 0 Å². The lowest BCUT2D eigenvalue weighted by Gasteiger charge is -2.37. The van der Waals surface area contributed by atoms with Crippen LogP contribution in [0, 0.1) is 16.7 Å². The van der Waals surface area contributed by atoms with Gasteiger partial charge in [-0.3, -0.25) is 0 Å². The van der Waals surface area contributed by atoms with Crippen LogP contribution >= 0.6 is 0 Å². The second-order valence-electron chi connectivity index (χ2n) is 8.47. The Kier molecular flexibility index (Phi) is 5.79. The summed E-state index contributed by atoms with van der Waals surface area (Å²) in [4.78, 5) is 17.5. The molecule has 0 heterocycles. The number of alkyl carbamates (subject to hydrolysis) is 1. The van der Waals surface area contributed by atoms with Crippen molar-refractivity contribution in [3.8, 4) is 0 Å². The molecule has 0 aromatic carbocycles. The van der Waals surface area contributed by atoms with Crippen LogP contribution in [0.2, 0.25) is 0 Å². The van der Waals surface area contributed by atoms with E-state index in [2.05, 4.69) is 45.4 Å². The van der Waals surface area contributed by atoms with Gasteiger partial charge >= 0.3 is 6.09 Å². The molecule has 5 nitrogen and oxygen atoms in total. The lowest BCUT2D eigenvalue weighted by Crippen LogP contribution is -2.37. The lowest BCUT2D eigenvalue weighted by molar-refractivity contribution is 0.0446. The van der Waals surface area contributed by atoms with Gasteiger partial charge < -0.3 is 14.9 Å². The highest BCUT2D eigenvalue weighted by Gasteiger charge is 2.52. The number of hydroxylamine groups is 1. The Morgan fingerprint density at radius 3 is 2.22 bits per heavy atom. The normalized spacial score (nSPS) is 22.9. The van der Waals surface area contributed by atoms with Crippen LogP contribution in [0.15, 0.2) is 11.3 Å². The van der Waals surface area contributed by atoms with Gasteiger partial charge in [0, 0.05) is 19.0 Å². The summed E-state index contributed by atoms with van der Waals surface area (Å²) in [5, 5.41) is 2.87. The topological polar surface area (TPSA) is 59.6 Å². The maximum atomic E-state index is 11.8. The van der Waals surface area contributed by atoms with Crippen molar-refractivity contribution in [1.29, 1.82) is 0 Å². The van der Waals surface area contributed by atoms with Gasteiger partial charge in [-0.2, -0.15) is 5.48 Å². The summed E-state index contributed by atoms with van der Waals surface area (Å²) in [6.07, 6.45) is 0.509. The van der Waals surface area contributed by atoms with Gasteiger partial charge in [0.2, 0.25) is 0 Å². The fourth-order valence-corrected chi connectivity index (χ4v) is 3.76. The fourth-order valence-electron chi connectivity index (χ4n) is 3.76. The van der Waals surface area contributed by atoms with Crippen LogP contribution in [0.3, 0.4) is 0 Å². The highest BCUT2D eigenvalue weighted by atomic mass is 16.6. The molecule has 2 N–H and O–H groups in total. The van der Waals surface area contributed by atoms with Gasteiger partial charge in [-0.1, -0.05) is 27.7 Å². The third-order valence-corrected chi connectivity index (χ3v) is 4.94. The van der Waals surface area contributed by atoms with Crippen LogP contribution < -0.4 is 10.8 Å². The van der Waals surface area contributed by atoms with Crippen molar-refractivity contribution in [2.75, 3.05) is 13.6 Å². The van der Waals surface area contributed by atoms with Crippen molar-refractivity contribution >= 4 is 6.09 Å². The van der Waals surface area contributed by atoms with E-state index in [4.69, 9.17) is 9.57 Å². The minimum absolute atomic E-state index is 0.0191. The van der Waals surface area contributed by atoms with E-state index in [9.17, 15) is 4.79 Å². The van der Waals surface area contributed by atoms with E-state index in [1.807, 2.05) is 20.8 Å². The van der Waals surface area contributed by atoms with E-state index >= 15 is 0 Å². The quantitative estimate of drug-likeness (QED) is 0.750. The molecule has 0 saturated carbocycles. The standard InChI is InChI=1S/C18H34N2O3/c1-12-14(23-19-9)18(7,8)13(17(12,5)6)10-11-20-15(21)22-16(2,3)4/h13,19H,10-11H2,1-9H3,(H,20,21)/t13-/m0/s1. The highest BCUT2D eigenvalue weighted by molar-refractivity contribution is 5.67. The van der Waals surface area contributed by atoms with Crippen LogP contribution in [0.25, 0.3) is 0 Å². The Morgan fingerprint density at radius 2 is 1.74 bits per heavy atom. The molecule has 0 saturated heterocycles. The summed E-state index contributed by atoms with van der Waals surface area (Å²) in [7, 11) is 1.78. The Morgan fingerprint density at radius 1 is 1.17 bits per heavy atom. The number of allylic oxidation sites excluding steroid dienone is 2. The predicted octanol–water partition coefficient (Wildman–Crippen LogP) is 4.01. The molecule has 0 unspecified atom stereocenters. The molecular formula is C18H34N2O3. The van der Waals surface area contributed by atoms with Gasteiger partial charge in [0.25, 0.3) is 0 Å². The molecule has 1 rings (SSSR count). The molecule has 0 aliphatic heterocycles. The summed E-state index contributed by atoms with van der Waals surface area (Å²) < 4.78 is 5.29. The Labute approximate surface area is 141 Å². The number of hydrogen-bond acceptors (Lipinski definition) is 4. The van der Waals surface area contributed by atoms with E-state index in [0.29, 0.717) is 12.5 Å². The van der Waals surface area contributed by atoms with Gasteiger partial charge in [0.1, 0.15) is 11.4 Å². The zero-order valence-electron chi connectivity index (χ0n) is 16.2. The molecule has 1 atom stereocenters. The highest BCUT2D eigenvalue weighted by Crippen LogP contribution is 2.58. The second-order valence-corrected chi connectivity index (χ2v) is 8.47. The molecule has 0 radical (unpaired) electrons. The summed E-state index contributed by atoms with van der Waals surface area (Å²) in [5.74, 6) is 1.38. The first kappa shape index (κ1) is 19.8. The number of rotatable bonds is 5. The molecule has 1 aliphatic carbocycles. The Balaban J connectivity index is 2.73. The number of amides is 1. The van der Waals surface area contributed by atoms with Gasteiger partial charge in [-0.05, 0) is 51.0 Å². The maximum Gasteiger partial charge on any atom is 0.407 e. The monoisotopic (exact) mass is 326 g/mol. The minimum atomic E-state index is -0.470. The predicted molar refractivity (Wildman–Crippen MR) is 92.8 cm³/mol. The lowest BCUT2D eigenvalue weighted by atomic mass is 9.68. The Bertz CT molecular complexity index is 473. The molecule has 1 aliphatic rings. The average molecular weight is 326 g/mol. The van der Waals surface area contributed by atoms with Crippen molar-refractivity contribution in [2.24, 2.45) is 16.7 Å². The number of carbonyl (C=O) groups is 1. The van der Waals surface area contributed by atoms with Crippen molar-refractivity contribution in [1.82, 2.24) is 10.8 Å². The number of hydrogen-bond donors (Lipinski definition) is 2. The summed E-state index contributed by atoms with van der Waals surface area (Å²) in [5.41, 5.74) is 3.53. The minimum Gasteiger partial charge on any atom is -0.444 e. The van der Waals surface area contributed by atoms with Crippen molar-refractivity contribution < 1.29 is 14.4 Å². The molecule has 0 bridgehead atoms. The average Bonchev–Trinajstić information content (AvgIpc) is 2.48. The summed E-state index contributed by atoms with van der Waals surface area (Å²) in [6.45, 7) is 17.2. The number of nitrogens with one attached hydrogen (secondary N) is 2.